The third-order valence-electron chi connectivity index (χ3n) is 5.16. The zero-order valence-electron chi connectivity index (χ0n) is 17.4. The van der Waals surface area contributed by atoms with Crippen LogP contribution in [-0.2, 0) is 11.2 Å². The Balaban J connectivity index is 1.55. The standard InChI is InChI=1S/C21H34N6O/c1-4-22-21(24-15-19(16(2)3)27-11-13-28-14-12-27)23-10-9-20-25-17-7-5-6-8-18(17)26-20/h5-8,16,19H,4,9-15H2,1-3H3,(H,25,26)(H2,22,23,24). The van der Waals surface area contributed by atoms with E-state index in [4.69, 9.17) is 9.73 Å². The molecular weight excluding hydrogens is 352 g/mol. The third kappa shape index (κ3) is 5.69. The number of fused-ring (bicyclic) bond motifs is 1. The lowest BCUT2D eigenvalue weighted by Gasteiger charge is -2.36. The summed E-state index contributed by atoms with van der Waals surface area (Å²) in [5.74, 6) is 2.43. The highest BCUT2D eigenvalue weighted by atomic mass is 16.5. The largest absolute Gasteiger partial charge is 0.379 e. The maximum Gasteiger partial charge on any atom is 0.191 e. The van der Waals surface area contributed by atoms with Crippen LogP contribution in [0, 0.1) is 5.92 Å². The van der Waals surface area contributed by atoms with Crippen molar-refractivity contribution < 1.29 is 4.74 Å². The van der Waals surface area contributed by atoms with Crippen LogP contribution < -0.4 is 10.6 Å². The van der Waals surface area contributed by atoms with E-state index in [1.165, 1.54) is 0 Å². The summed E-state index contributed by atoms with van der Waals surface area (Å²) in [5.41, 5.74) is 2.10. The SMILES string of the molecule is CCNC(=NCC(C(C)C)N1CCOCC1)NCCc1nc2ccccc2[nH]1. The Morgan fingerprint density at radius 2 is 2.04 bits per heavy atom. The molecule has 28 heavy (non-hydrogen) atoms. The molecule has 1 aliphatic heterocycles. The lowest BCUT2D eigenvalue weighted by Crippen LogP contribution is -2.48. The lowest BCUT2D eigenvalue weighted by molar-refractivity contribution is 0.00867. The molecule has 1 aromatic heterocycles. The van der Waals surface area contributed by atoms with Crippen LogP contribution in [0.4, 0.5) is 0 Å². The minimum absolute atomic E-state index is 0.440. The van der Waals surface area contributed by atoms with E-state index in [1.807, 2.05) is 18.2 Å². The quantitative estimate of drug-likeness (QED) is 0.478. The number of benzene rings is 1. The van der Waals surface area contributed by atoms with Gasteiger partial charge in [0.25, 0.3) is 0 Å². The van der Waals surface area contributed by atoms with Gasteiger partial charge in [0.2, 0.25) is 0 Å². The molecule has 3 N–H and O–H groups in total. The smallest absolute Gasteiger partial charge is 0.191 e. The number of para-hydroxylation sites is 2. The molecule has 1 unspecified atom stereocenters. The summed E-state index contributed by atoms with van der Waals surface area (Å²) < 4.78 is 5.50. The second kappa shape index (κ2) is 10.4. The van der Waals surface area contributed by atoms with Crippen LogP contribution in [0.15, 0.2) is 29.3 Å². The van der Waals surface area contributed by atoms with Gasteiger partial charge in [-0.3, -0.25) is 9.89 Å². The summed E-state index contributed by atoms with van der Waals surface area (Å²) >= 11 is 0. The number of aromatic nitrogens is 2. The fraction of sp³-hybridized carbons (Fsp3) is 0.619. The zero-order valence-corrected chi connectivity index (χ0v) is 17.4. The van der Waals surface area contributed by atoms with E-state index in [2.05, 4.69) is 52.3 Å². The number of hydrogen-bond acceptors (Lipinski definition) is 4. The number of rotatable bonds is 8. The highest BCUT2D eigenvalue weighted by Crippen LogP contribution is 2.13. The molecule has 1 fully saturated rings. The van der Waals surface area contributed by atoms with Crippen molar-refractivity contribution in [2.75, 3.05) is 45.9 Å². The summed E-state index contributed by atoms with van der Waals surface area (Å²) in [6, 6.07) is 8.57. The Morgan fingerprint density at radius 3 is 2.75 bits per heavy atom. The Hall–Kier alpha value is -2.12. The van der Waals surface area contributed by atoms with Crippen LogP contribution in [0.25, 0.3) is 11.0 Å². The molecule has 7 heteroatoms. The number of morpholine rings is 1. The maximum absolute atomic E-state index is 5.50. The highest BCUT2D eigenvalue weighted by Gasteiger charge is 2.23. The monoisotopic (exact) mass is 386 g/mol. The van der Waals surface area contributed by atoms with Gasteiger partial charge in [-0.05, 0) is 25.0 Å². The van der Waals surface area contributed by atoms with Crippen LogP contribution >= 0.6 is 0 Å². The van der Waals surface area contributed by atoms with E-state index in [-0.39, 0.29) is 0 Å². The first kappa shape index (κ1) is 20.6. The van der Waals surface area contributed by atoms with Crippen LogP contribution in [0.1, 0.15) is 26.6 Å². The van der Waals surface area contributed by atoms with E-state index in [9.17, 15) is 0 Å². The Morgan fingerprint density at radius 1 is 1.25 bits per heavy atom. The van der Waals surface area contributed by atoms with Crippen molar-refractivity contribution in [3.63, 3.8) is 0 Å². The lowest BCUT2D eigenvalue weighted by atomic mass is 10.0. The molecule has 0 radical (unpaired) electrons. The summed E-state index contributed by atoms with van der Waals surface area (Å²) in [6.07, 6.45) is 0.830. The fourth-order valence-corrected chi connectivity index (χ4v) is 3.61. The maximum atomic E-state index is 5.50. The second-order valence-electron chi connectivity index (χ2n) is 7.56. The molecule has 1 aromatic carbocycles. The van der Waals surface area contributed by atoms with E-state index < -0.39 is 0 Å². The normalized spacial score (nSPS) is 17.2. The average Bonchev–Trinajstić information content (AvgIpc) is 3.11. The molecule has 7 nitrogen and oxygen atoms in total. The van der Waals surface area contributed by atoms with Gasteiger partial charge in [0.15, 0.2) is 5.96 Å². The molecule has 1 atom stereocenters. The third-order valence-corrected chi connectivity index (χ3v) is 5.16. The Kier molecular flexibility index (Phi) is 7.68. The van der Waals surface area contributed by atoms with Crippen LogP contribution in [0.5, 0.6) is 0 Å². The van der Waals surface area contributed by atoms with Gasteiger partial charge >= 0.3 is 0 Å². The summed E-state index contributed by atoms with van der Waals surface area (Å²) in [7, 11) is 0. The van der Waals surface area contributed by atoms with Gasteiger partial charge in [-0.15, -0.1) is 0 Å². The van der Waals surface area contributed by atoms with Crippen molar-refractivity contribution in [2.24, 2.45) is 10.9 Å². The molecule has 1 saturated heterocycles. The van der Waals surface area contributed by atoms with Gasteiger partial charge in [0.1, 0.15) is 5.82 Å². The van der Waals surface area contributed by atoms with Crippen molar-refractivity contribution in [1.82, 2.24) is 25.5 Å². The van der Waals surface area contributed by atoms with E-state index >= 15 is 0 Å². The number of aromatic amines is 1. The molecule has 0 spiro atoms. The topological polar surface area (TPSA) is 77.6 Å². The van der Waals surface area contributed by atoms with Crippen LogP contribution in [0.3, 0.4) is 0 Å². The first-order valence-electron chi connectivity index (χ1n) is 10.4. The predicted octanol–water partition coefficient (Wildman–Crippen LogP) is 2.02. The summed E-state index contributed by atoms with van der Waals surface area (Å²) in [4.78, 5) is 15.4. The highest BCUT2D eigenvalue weighted by molar-refractivity contribution is 5.79. The van der Waals surface area contributed by atoms with Crippen molar-refractivity contribution in [3.8, 4) is 0 Å². The molecule has 154 valence electrons. The van der Waals surface area contributed by atoms with Gasteiger partial charge in [0.05, 0.1) is 30.8 Å². The molecule has 2 aromatic rings. The van der Waals surface area contributed by atoms with Crippen LogP contribution in [-0.4, -0.2) is 72.8 Å². The van der Waals surface area contributed by atoms with Gasteiger partial charge in [-0.1, -0.05) is 26.0 Å². The Bertz CT molecular complexity index is 717. The fourth-order valence-electron chi connectivity index (χ4n) is 3.61. The summed E-state index contributed by atoms with van der Waals surface area (Å²) in [6.45, 7) is 12.7. The van der Waals surface area contributed by atoms with Crippen LogP contribution in [0.2, 0.25) is 0 Å². The van der Waals surface area contributed by atoms with E-state index in [1.54, 1.807) is 0 Å². The molecule has 1 aliphatic rings. The molecule has 2 heterocycles. The average molecular weight is 387 g/mol. The van der Waals surface area contributed by atoms with Crippen molar-refractivity contribution >= 4 is 17.0 Å². The molecule has 0 aliphatic carbocycles. The number of ether oxygens (including phenoxy) is 1. The van der Waals surface area contributed by atoms with E-state index in [0.29, 0.717) is 12.0 Å². The minimum Gasteiger partial charge on any atom is -0.379 e. The zero-order chi connectivity index (χ0) is 19.8. The van der Waals surface area contributed by atoms with Gasteiger partial charge < -0.3 is 20.4 Å². The predicted molar refractivity (Wildman–Crippen MR) is 115 cm³/mol. The number of hydrogen-bond donors (Lipinski definition) is 3. The molecule has 3 rings (SSSR count). The van der Waals surface area contributed by atoms with Gasteiger partial charge in [0, 0.05) is 38.6 Å². The van der Waals surface area contributed by atoms with Crippen molar-refractivity contribution in [2.45, 2.75) is 33.2 Å². The number of aliphatic imine (C=N–C) groups is 1. The number of nitrogens with one attached hydrogen (secondary N) is 3. The number of nitrogens with zero attached hydrogens (tertiary/aromatic N) is 3. The number of imidazole rings is 1. The van der Waals surface area contributed by atoms with Gasteiger partial charge in [-0.2, -0.15) is 0 Å². The number of guanidine groups is 1. The number of H-pyrrole nitrogens is 1. The van der Waals surface area contributed by atoms with E-state index in [0.717, 1.165) is 75.2 Å². The molecule has 0 saturated carbocycles. The summed E-state index contributed by atoms with van der Waals surface area (Å²) in [5, 5.41) is 6.80. The van der Waals surface area contributed by atoms with Crippen molar-refractivity contribution in [1.29, 1.82) is 0 Å². The molecular formula is C21H34N6O. The first-order chi connectivity index (χ1) is 13.7. The minimum atomic E-state index is 0.440. The van der Waals surface area contributed by atoms with Crippen molar-refractivity contribution in [3.05, 3.63) is 30.1 Å². The molecule has 0 bridgehead atoms. The first-order valence-corrected chi connectivity index (χ1v) is 10.4. The Labute approximate surface area is 168 Å². The molecule has 0 amide bonds. The second-order valence-corrected chi connectivity index (χ2v) is 7.56. The van der Waals surface area contributed by atoms with Gasteiger partial charge in [-0.25, -0.2) is 4.98 Å².